The zero-order valence-corrected chi connectivity index (χ0v) is 19.7. The summed E-state index contributed by atoms with van der Waals surface area (Å²) in [5, 5.41) is 4.06. The number of thiophene rings is 1. The zero-order valence-electron chi connectivity index (χ0n) is 16.5. The summed E-state index contributed by atoms with van der Waals surface area (Å²) in [4.78, 5) is 34.6. The number of fused-ring (bicyclic) bond motifs is 1. The van der Waals surface area contributed by atoms with Gasteiger partial charge in [-0.2, -0.15) is 0 Å². The van der Waals surface area contributed by atoms with Gasteiger partial charge in [0.2, 0.25) is 5.91 Å². The van der Waals surface area contributed by atoms with E-state index in [4.69, 9.17) is 23.2 Å². The SMILES string of the molecule is Cc1sc2nc(SC(C)C(=O)Nc3cc(Cl)ccc3Cl)[nH]c(=O)c2c1-c1ccccc1. The second kappa shape index (κ2) is 9.04. The van der Waals surface area contributed by atoms with Gasteiger partial charge in [0.15, 0.2) is 5.16 Å². The highest BCUT2D eigenvalue weighted by molar-refractivity contribution is 8.00. The lowest BCUT2D eigenvalue weighted by atomic mass is 10.0. The Morgan fingerprint density at radius 3 is 2.68 bits per heavy atom. The van der Waals surface area contributed by atoms with Crippen LogP contribution in [0.4, 0.5) is 5.69 Å². The van der Waals surface area contributed by atoms with Crippen molar-refractivity contribution in [2.24, 2.45) is 0 Å². The third kappa shape index (κ3) is 4.65. The Labute approximate surface area is 196 Å². The summed E-state index contributed by atoms with van der Waals surface area (Å²) in [6.07, 6.45) is 0. The van der Waals surface area contributed by atoms with Crippen molar-refractivity contribution in [3.63, 3.8) is 0 Å². The molecular weight excluding hydrogens is 473 g/mol. The van der Waals surface area contributed by atoms with Crippen LogP contribution in [0, 0.1) is 6.92 Å². The number of rotatable bonds is 5. The van der Waals surface area contributed by atoms with Crippen LogP contribution in [0.2, 0.25) is 10.0 Å². The van der Waals surface area contributed by atoms with Gasteiger partial charge in [0, 0.05) is 15.5 Å². The maximum absolute atomic E-state index is 12.9. The predicted octanol–water partition coefficient (Wildman–Crippen LogP) is 6.39. The van der Waals surface area contributed by atoms with E-state index in [0.717, 1.165) is 16.0 Å². The largest absolute Gasteiger partial charge is 0.324 e. The van der Waals surface area contributed by atoms with Gasteiger partial charge >= 0.3 is 0 Å². The number of aromatic amines is 1. The number of H-pyrrole nitrogens is 1. The number of carbonyl (C=O) groups excluding carboxylic acids is 1. The number of aryl methyl sites for hydroxylation is 1. The first-order valence-electron chi connectivity index (χ1n) is 9.35. The summed E-state index contributed by atoms with van der Waals surface area (Å²) in [7, 11) is 0. The molecule has 0 spiro atoms. The number of anilines is 1. The number of hydrogen-bond donors (Lipinski definition) is 2. The Balaban J connectivity index is 1.60. The van der Waals surface area contributed by atoms with Gasteiger partial charge in [-0.3, -0.25) is 9.59 Å². The molecule has 0 radical (unpaired) electrons. The summed E-state index contributed by atoms with van der Waals surface area (Å²) in [6, 6.07) is 14.6. The second-order valence-corrected chi connectivity index (χ2v) is 10.2. The number of amides is 1. The van der Waals surface area contributed by atoms with Crippen LogP contribution in [0.3, 0.4) is 0 Å². The van der Waals surface area contributed by atoms with Crippen LogP contribution in [-0.2, 0) is 4.79 Å². The van der Waals surface area contributed by atoms with Crippen LogP contribution in [0.25, 0.3) is 21.3 Å². The molecule has 2 N–H and O–H groups in total. The molecule has 0 aliphatic carbocycles. The van der Waals surface area contributed by atoms with Crippen LogP contribution >= 0.6 is 46.3 Å². The van der Waals surface area contributed by atoms with Crippen molar-refractivity contribution < 1.29 is 4.79 Å². The van der Waals surface area contributed by atoms with Crippen LogP contribution < -0.4 is 10.9 Å². The number of nitrogens with zero attached hydrogens (tertiary/aromatic N) is 1. The molecule has 2 heterocycles. The molecule has 0 saturated carbocycles. The van der Waals surface area contributed by atoms with Gasteiger partial charge in [-0.1, -0.05) is 65.3 Å². The molecule has 158 valence electrons. The number of halogens is 2. The van der Waals surface area contributed by atoms with Crippen LogP contribution in [0.1, 0.15) is 11.8 Å². The van der Waals surface area contributed by atoms with Gasteiger partial charge in [0.1, 0.15) is 4.83 Å². The highest BCUT2D eigenvalue weighted by Gasteiger charge is 2.20. The molecule has 2 aromatic heterocycles. The number of benzene rings is 2. The van der Waals surface area contributed by atoms with Crippen LogP contribution in [0.15, 0.2) is 58.5 Å². The van der Waals surface area contributed by atoms with Crippen LogP contribution in [0.5, 0.6) is 0 Å². The van der Waals surface area contributed by atoms with Gasteiger partial charge in [-0.25, -0.2) is 4.98 Å². The van der Waals surface area contributed by atoms with Crippen molar-refractivity contribution in [2.75, 3.05) is 5.32 Å². The van der Waals surface area contributed by atoms with Crippen molar-refractivity contribution >= 4 is 68.1 Å². The standard InChI is InChI=1S/C22H17Cl2N3O2S2/c1-11-17(13-6-4-3-5-7-13)18-20(29)26-22(27-21(18)30-11)31-12(2)19(28)25-16-10-14(23)8-9-15(16)24/h3-10,12H,1-2H3,(H,25,28)(H,26,27,29). The second-order valence-electron chi connectivity index (χ2n) is 6.82. The number of aromatic nitrogens is 2. The molecule has 4 rings (SSSR count). The monoisotopic (exact) mass is 489 g/mol. The quantitative estimate of drug-likeness (QED) is 0.251. The first-order valence-corrected chi connectivity index (χ1v) is 11.8. The van der Waals surface area contributed by atoms with E-state index in [-0.39, 0.29) is 11.5 Å². The minimum absolute atomic E-state index is 0.221. The molecular formula is C22H17Cl2N3O2S2. The molecule has 0 aliphatic heterocycles. The topological polar surface area (TPSA) is 74.8 Å². The fourth-order valence-electron chi connectivity index (χ4n) is 3.16. The normalized spacial score (nSPS) is 12.1. The van der Waals surface area contributed by atoms with Crippen molar-refractivity contribution in [1.29, 1.82) is 0 Å². The summed E-state index contributed by atoms with van der Waals surface area (Å²) in [5.74, 6) is -0.274. The number of nitrogens with one attached hydrogen (secondary N) is 2. The molecule has 9 heteroatoms. The van der Waals surface area contributed by atoms with E-state index in [1.54, 1.807) is 25.1 Å². The molecule has 4 aromatic rings. The van der Waals surface area contributed by atoms with E-state index in [0.29, 0.717) is 31.1 Å². The Bertz CT molecular complexity index is 1340. The lowest BCUT2D eigenvalue weighted by molar-refractivity contribution is -0.115. The van der Waals surface area contributed by atoms with Crippen molar-refractivity contribution in [1.82, 2.24) is 9.97 Å². The van der Waals surface area contributed by atoms with Gasteiger partial charge in [-0.05, 0) is 37.6 Å². The molecule has 5 nitrogen and oxygen atoms in total. The van der Waals surface area contributed by atoms with Crippen molar-refractivity contribution in [2.45, 2.75) is 24.3 Å². The highest BCUT2D eigenvalue weighted by atomic mass is 35.5. The smallest absolute Gasteiger partial charge is 0.260 e. The Morgan fingerprint density at radius 2 is 1.94 bits per heavy atom. The van der Waals surface area contributed by atoms with E-state index in [9.17, 15) is 9.59 Å². The summed E-state index contributed by atoms with van der Waals surface area (Å²) >= 11 is 14.7. The highest BCUT2D eigenvalue weighted by Crippen LogP contribution is 2.36. The van der Waals surface area contributed by atoms with Gasteiger partial charge in [0.25, 0.3) is 5.56 Å². The Morgan fingerprint density at radius 1 is 1.19 bits per heavy atom. The van der Waals surface area contributed by atoms with E-state index in [1.807, 2.05) is 37.3 Å². The van der Waals surface area contributed by atoms with Gasteiger partial charge in [-0.15, -0.1) is 11.3 Å². The minimum atomic E-state index is -0.523. The summed E-state index contributed by atoms with van der Waals surface area (Å²) < 4.78 is 0. The van der Waals surface area contributed by atoms with E-state index >= 15 is 0 Å². The molecule has 0 fully saturated rings. The molecule has 0 saturated heterocycles. The lowest BCUT2D eigenvalue weighted by Crippen LogP contribution is -2.23. The number of carbonyl (C=O) groups is 1. The Hall–Kier alpha value is -2.32. The molecule has 0 aliphatic rings. The molecule has 1 atom stereocenters. The lowest BCUT2D eigenvalue weighted by Gasteiger charge is -2.12. The average Bonchev–Trinajstić information content (AvgIpc) is 3.07. The maximum Gasteiger partial charge on any atom is 0.260 e. The Kier molecular flexibility index (Phi) is 6.39. The first kappa shape index (κ1) is 21.9. The fourth-order valence-corrected chi connectivity index (χ4v) is 5.39. The third-order valence-corrected chi connectivity index (χ3v) is 7.17. The fraction of sp³-hybridized carbons (Fsp3) is 0.136. The van der Waals surface area contributed by atoms with E-state index in [1.165, 1.54) is 23.1 Å². The molecule has 31 heavy (non-hydrogen) atoms. The maximum atomic E-state index is 12.9. The van der Waals surface area contributed by atoms with Crippen LogP contribution in [-0.4, -0.2) is 21.1 Å². The molecule has 1 amide bonds. The molecule has 1 unspecified atom stereocenters. The average molecular weight is 490 g/mol. The third-order valence-electron chi connectivity index (χ3n) is 4.62. The van der Waals surface area contributed by atoms with Crippen molar-refractivity contribution in [3.05, 3.63) is 73.8 Å². The van der Waals surface area contributed by atoms with Gasteiger partial charge < -0.3 is 10.3 Å². The summed E-state index contributed by atoms with van der Waals surface area (Å²) in [5.41, 5.74) is 2.09. The van der Waals surface area contributed by atoms with E-state index in [2.05, 4.69) is 15.3 Å². The van der Waals surface area contributed by atoms with E-state index < -0.39 is 5.25 Å². The van der Waals surface area contributed by atoms with Gasteiger partial charge in [0.05, 0.1) is 21.3 Å². The minimum Gasteiger partial charge on any atom is -0.324 e. The number of thioether (sulfide) groups is 1. The first-order chi connectivity index (χ1) is 14.8. The van der Waals surface area contributed by atoms with Crippen molar-refractivity contribution in [3.8, 4) is 11.1 Å². The predicted molar refractivity (Wildman–Crippen MR) is 131 cm³/mol. The zero-order chi connectivity index (χ0) is 22.1. The number of hydrogen-bond acceptors (Lipinski definition) is 5. The molecule has 0 bridgehead atoms. The molecule has 2 aromatic carbocycles. The summed E-state index contributed by atoms with van der Waals surface area (Å²) in [6.45, 7) is 3.71.